The lowest BCUT2D eigenvalue weighted by Gasteiger charge is -2.20. The van der Waals surface area contributed by atoms with Crippen LogP contribution in [-0.4, -0.2) is 21.8 Å². The molecule has 0 aromatic heterocycles. The Morgan fingerprint density at radius 1 is 1.82 bits per heavy atom. The number of alkyl halides is 1. The third-order valence-corrected chi connectivity index (χ3v) is 2.30. The number of halogens is 1. The van der Waals surface area contributed by atoms with Gasteiger partial charge in [-0.15, -0.1) is 0 Å². The molecule has 0 fully saturated rings. The first-order valence-electron chi connectivity index (χ1n) is 3.01. The molecule has 0 spiro atoms. The highest BCUT2D eigenvalue weighted by atomic mass is 79.9. The molecule has 1 aliphatic heterocycles. The molecule has 0 aliphatic carbocycles. The van der Waals surface area contributed by atoms with E-state index in [1.54, 1.807) is 12.3 Å². The quantitative estimate of drug-likeness (QED) is 0.289. The van der Waals surface area contributed by atoms with E-state index in [9.17, 15) is 10.1 Å². The maximum atomic E-state index is 10.3. The minimum Gasteiger partial charge on any atom is -0.364 e. The molecule has 0 saturated heterocycles. The molecule has 0 N–H and O–H groups in total. The van der Waals surface area contributed by atoms with Crippen LogP contribution in [-0.2, 0) is 0 Å². The number of likely N-dealkylation sites (N-methyl/N-ethyl adjacent to an activating group) is 1. The zero-order chi connectivity index (χ0) is 8.43. The Kier molecular flexibility index (Phi) is 2.28. The van der Waals surface area contributed by atoms with Crippen molar-refractivity contribution in [1.82, 2.24) is 4.90 Å². The fraction of sp³-hybridized carbons (Fsp3) is 0.333. The van der Waals surface area contributed by atoms with Crippen molar-refractivity contribution >= 4 is 15.9 Å². The van der Waals surface area contributed by atoms with Gasteiger partial charge in [0.15, 0.2) is 0 Å². The van der Waals surface area contributed by atoms with E-state index < -0.39 is 4.92 Å². The average molecular weight is 219 g/mol. The van der Waals surface area contributed by atoms with Gasteiger partial charge in [0.2, 0.25) is 0 Å². The average Bonchev–Trinajstić information content (AvgIpc) is 1.94. The molecule has 1 unspecified atom stereocenters. The Balaban J connectivity index is 2.80. The Hall–Kier alpha value is -0.840. The van der Waals surface area contributed by atoms with E-state index >= 15 is 0 Å². The van der Waals surface area contributed by atoms with Crippen molar-refractivity contribution < 1.29 is 4.92 Å². The molecule has 0 aromatic carbocycles. The largest absolute Gasteiger partial charge is 0.364 e. The van der Waals surface area contributed by atoms with Crippen LogP contribution >= 0.6 is 15.9 Å². The third-order valence-electron chi connectivity index (χ3n) is 1.39. The molecule has 0 aromatic rings. The first-order chi connectivity index (χ1) is 5.11. The summed E-state index contributed by atoms with van der Waals surface area (Å²) < 4.78 is 0. The predicted molar refractivity (Wildman–Crippen MR) is 44.7 cm³/mol. The SMILES string of the molecule is CN1C=CC([N+](=O)[O-])=CC1Br. The van der Waals surface area contributed by atoms with Crippen LogP contribution in [0.3, 0.4) is 0 Å². The number of nitrogens with zero attached hydrogens (tertiary/aromatic N) is 2. The third kappa shape index (κ3) is 1.80. The smallest absolute Gasteiger partial charge is 0.269 e. The van der Waals surface area contributed by atoms with Gasteiger partial charge in [-0.3, -0.25) is 10.1 Å². The fourth-order valence-corrected chi connectivity index (χ4v) is 1.12. The minimum absolute atomic E-state index is 0.0760. The highest BCUT2D eigenvalue weighted by Gasteiger charge is 2.16. The number of hydrogen-bond donors (Lipinski definition) is 0. The van der Waals surface area contributed by atoms with E-state index in [2.05, 4.69) is 15.9 Å². The van der Waals surface area contributed by atoms with E-state index in [4.69, 9.17) is 0 Å². The van der Waals surface area contributed by atoms with E-state index in [1.165, 1.54) is 6.08 Å². The molecule has 0 saturated carbocycles. The summed E-state index contributed by atoms with van der Waals surface area (Å²) in [5.74, 6) is 0. The normalized spacial score (nSPS) is 23.3. The first kappa shape index (κ1) is 8.26. The monoisotopic (exact) mass is 218 g/mol. The van der Waals surface area contributed by atoms with Crippen molar-refractivity contribution in [3.8, 4) is 0 Å². The first-order valence-corrected chi connectivity index (χ1v) is 3.93. The van der Waals surface area contributed by atoms with Gasteiger partial charge in [0, 0.05) is 25.4 Å². The molecule has 60 valence electrons. The summed E-state index contributed by atoms with van der Waals surface area (Å²) in [7, 11) is 1.84. The summed E-state index contributed by atoms with van der Waals surface area (Å²) in [4.78, 5) is 11.6. The zero-order valence-electron chi connectivity index (χ0n) is 5.90. The maximum Gasteiger partial charge on any atom is 0.269 e. The van der Waals surface area contributed by atoms with E-state index in [0.29, 0.717) is 0 Å². The topological polar surface area (TPSA) is 46.4 Å². The summed E-state index contributed by atoms with van der Waals surface area (Å²) in [6.07, 6.45) is 4.68. The molecular formula is C6H7BrN2O2. The van der Waals surface area contributed by atoms with Gasteiger partial charge >= 0.3 is 0 Å². The van der Waals surface area contributed by atoms with Gasteiger partial charge < -0.3 is 4.90 Å². The highest BCUT2D eigenvalue weighted by Crippen LogP contribution is 2.16. The van der Waals surface area contributed by atoms with Gasteiger partial charge in [0.05, 0.1) is 4.92 Å². The molecule has 1 aliphatic rings. The summed E-state index contributed by atoms with van der Waals surface area (Å²) in [5, 5.41) is 10.3. The summed E-state index contributed by atoms with van der Waals surface area (Å²) >= 11 is 3.26. The van der Waals surface area contributed by atoms with Crippen LogP contribution in [0.2, 0.25) is 0 Å². The minimum atomic E-state index is -0.405. The van der Waals surface area contributed by atoms with Crippen LogP contribution in [0, 0.1) is 10.1 Å². The molecule has 1 rings (SSSR count). The molecule has 0 amide bonds. The zero-order valence-corrected chi connectivity index (χ0v) is 7.48. The second kappa shape index (κ2) is 3.04. The maximum absolute atomic E-state index is 10.3. The second-order valence-corrected chi connectivity index (χ2v) is 3.14. The summed E-state index contributed by atoms with van der Waals surface area (Å²) in [5.41, 5.74) is 0.130. The van der Waals surface area contributed by atoms with Crippen LogP contribution in [0.25, 0.3) is 0 Å². The fourth-order valence-electron chi connectivity index (χ4n) is 0.712. The number of hydrogen-bond acceptors (Lipinski definition) is 3. The molecule has 0 bridgehead atoms. The van der Waals surface area contributed by atoms with Crippen molar-refractivity contribution in [3.63, 3.8) is 0 Å². The molecule has 1 atom stereocenters. The number of allylic oxidation sites excluding steroid dienone is 1. The van der Waals surface area contributed by atoms with Crippen molar-refractivity contribution in [1.29, 1.82) is 0 Å². The van der Waals surface area contributed by atoms with Crippen molar-refractivity contribution in [2.45, 2.75) is 4.95 Å². The Labute approximate surface area is 72.5 Å². The Bertz CT molecular complexity index is 237. The highest BCUT2D eigenvalue weighted by molar-refractivity contribution is 9.09. The van der Waals surface area contributed by atoms with E-state index in [1.807, 2.05) is 11.9 Å². The van der Waals surface area contributed by atoms with Gasteiger partial charge in [-0.2, -0.15) is 0 Å². The predicted octanol–water partition coefficient (Wildman–Crippen LogP) is 1.33. The van der Waals surface area contributed by atoms with Crippen LogP contribution < -0.4 is 0 Å². The van der Waals surface area contributed by atoms with E-state index in [0.717, 1.165) is 0 Å². The summed E-state index contributed by atoms with van der Waals surface area (Å²) in [6.45, 7) is 0. The number of rotatable bonds is 1. The van der Waals surface area contributed by atoms with Gasteiger partial charge in [0.1, 0.15) is 4.95 Å². The molecule has 5 heteroatoms. The lowest BCUT2D eigenvalue weighted by Crippen LogP contribution is -2.22. The van der Waals surface area contributed by atoms with E-state index in [-0.39, 0.29) is 10.6 Å². The summed E-state index contributed by atoms with van der Waals surface area (Å²) in [6, 6.07) is 0. The molecule has 4 nitrogen and oxygen atoms in total. The van der Waals surface area contributed by atoms with Crippen LogP contribution in [0.15, 0.2) is 24.0 Å². The van der Waals surface area contributed by atoms with Crippen molar-refractivity contribution in [2.75, 3.05) is 7.05 Å². The van der Waals surface area contributed by atoms with Crippen LogP contribution in [0.4, 0.5) is 0 Å². The second-order valence-electron chi connectivity index (χ2n) is 2.20. The molecule has 11 heavy (non-hydrogen) atoms. The van der Waals surface area contributed by atoms with Gasteiger partial charge in [0.25, 0.3) is 5.70 Å². The lowest BCUT2D eigenvalue weighted by molar-refractivity contribution is -0.419. The lowest BCUT2D eigenvalue weighted by atomic mass is 10.3. The number of nitro groups is 1. The van der Waals surface area contributed by atoms with Crippen molar-refractivity contribution in [2.24, 2.45) is 0 Å². The Morgan fingerprint density at radius 2 is 2.45 bits per heavy atom. The van der Waals surface area contributed by atoms with Gasteiger partial charge in [-0.05, 0) is 0 Å². The standard InChI is InChI=1S/C6H7BrN2O2/c1-8-3-2-5(9(10)11)4-6(8)7/h2-4,6H,1H3. The van der Waals surface area contributed by atoms with Gasteiger partial charge in [-0.25, -0.2) is 0 Å². The van der Waals surface area contributed by atoms with Crippen molar-refractivity contribution in [3.05, 3.63) is 34.2 Å². The van der Waals surface area contributed by atoms with Crippen LogP contribution in [0.1, 0.15) is 0 Å². The van der Waals surface area contributed by atoms with Gasteiger partial charge in [-0.1, -0.05) is 15.9 Å². The molecule has 0 radical (unpaired) electrons. The molecular weight excluding hydrogens is 212 g/mol. The van der Waals surface area contributed by atoms with Crippen LogP contribution in [0.5, 0.6) is 0 Å². The Morgan fingerprint density at radius 3 is 2.91 bits per heavy atom. The molecule has 1 heterocycles.